The lowest BCUT2D eigenvalue weighted by atomic mass is 9.90. The van der Waals surface area contributed by atoms with Gasteiger partial charge in [0.1, 0.15) is 0 Å². The molecule has 2 rings (SSSR count). The van der Waals surface area contributed by atoms with Gasteiger partial charge in [-0.05, 0) is 49.2 Å². The summed E-state index contributed by atoms with van der Waals surface area (Å²) in [6.45, 7) is 2.36. The first-order valence-corrected chi connectivity index (χ1v) is 7.08. The molecule has 0 amide bonds. The van der Waals surface area contributed by atoms with Crippen LogP contribution in [0.4, 0.5) is 0 Å². The summed E-state index contributed by atoms with van der Waals surface area (Å²) in [5.41, 5.74) is 2.97. The van der Waals surface area contributed by atoms with Gasteiger partial charge in [-0.2, -0.15) is 11.8 Å². The van der Waals surface area contributed by atoms with E-state index in [1.54, 1.807) is 0 Å². The van der Waals surface area contributed by atoms with E-state index in [1.807, 2.05) is 11.8 Å². The average Bonchev–Trinajstić information content (AvgIpc) is 2.32. The molecule has 1 N–H and O–H groups in total. The van der Waals surface area contributed by atoms with Crippen molar-refractivity contribution in [1.29, 1.82) is 0 Å². The Bertz CT molecular complexity index is 288. The molecule has 0 radical (unpaired) electrons. The van der Waals surface area contributed by atoms with Gasteiger partial charge < -0.3 is 5.32 Å². The van der Waals surface area contributed by atoms with E-state index in [2.05, 4.69) is 35.8 Å². The first-order valence-electron chi connectivity index (χ1n) is 5.68. The molecule has 2 heteroatoms. The number of benzene rings is 1. The summed E-state index contributed by atoms with van der Waals surface area (Å²) in [6, 6.07) is 9.21. The third-order valence-corrected chi connectivity index (χ3v) is 3.72. The zero-order valence-corrected chi connectivity index (χ0v) is 10.1. The normalized spacial score (nSPS) is 17.9. The summed E-state index contributed by atoms with van der Waals surface area (Å²) >= 11 is 1.89. The maximum Gasteiger partial charge on any atom is 0.0181 e. The van der Waals surface area contributed by atoms with Crippen LogP contribution in [0.1, 0.15) is 29.9 Å². The van der Waals surface area contributed by atoms with Gasteiger partial charge in [-0.3, -0.25) is 0 Å². The standard InChI is InChI=1S/C13H19NS/c1-15-10-11-2-4-12(5-3-11)13-6-8-14-9-7-13/h2-5,13-14H,6-10H2,1H3. The monoisotopic (exact) mass is 221 g/mol. The second-order valence-electron chi connectivity index (χ2n) is 4.20. The Morgan fingerprint density at radius 2 is 1.87 bits per heavy atom. The van der Waals surface area contributed by atoms with Gasteiger partial charge in [0.15, 0.2) is 0 Å². The van der Waals surface area contributed by atoms with Crippen molar-refractivity contribution in [1.82, 2.24) is 5.32 Å². The van der Waals surface area contributed by atoms with E-state index in [0.717, 1.165) is 11.7 Å². The Morgan fingerprint density at radius 3 is 2.47 bits per heavy atom. The third-order valence-electron chi connectivity index (χ3n) is 3.10. The van der Waals surface area contributed by atoms with Gasteiger partial charge in [0.25, 0.3) is 0 Å². The molecule has 1 aliphatic heterocycles. The van der Waals surface area contributed by atoms with Gasteiger partial charge in [-0.25, -0.2) is 0 Å². The highest BCUT2D eigenvalue weighted by atomic mass is 32.2. The first kappa shape index (κ1) is 11.0. The zero-order chi connectivity index (χ0) is 10.5. The number of hydrogen-bond acceptors (Lipinski definition) is 2. The van der Waals surface area contributed by atoms with E-state index >= 15 is 0 Å². The molecule has 0 atom stereocenters. The van der Waals surface area contributed by atoms with Crippen molar-refractivity contribution < 1.29 is 0 Å². The molecule has 1 fully saturated rings. The maximum atomic E-state index is 3.41. The largest absolute Gasteiger partial charge is 0.317 e. The van der Waals surface area contributed by atoms with Crippen LogP contribution in [-0.2, 0) is 5.75 Å². The van der Waals surface area contributed by atoms with E-state index in [9.17, 15) is 0 Å². The van der Waals surface area contributed by atoms with Crippen LogP contribution in [0, 0.1) is 0 Å². The van der Waals surface area contributed by atoms with E-state index < -0.39 is 0 Å². The Labute approximate surface area is 96.7 Å². The molecule has 1 aromatic carbocycles. The van der Waals surface area contributed by atoms with E-state index in [-0.39, 0.29) is 0 Å². The van der Waals surface area contributed by atoms with Gasteiger partial charge in [-0.1, -0.05) is 24.3 Å². The molecule has 1 aromatic rings. The SMILES string of the molecule is CSCc1ccc(C2CCNCC2)cc1. The molecule has 1 aliphatic rings. The summed E-state index contributed by atoms with van der Waals surface area (Å²) in [6.07, 6.45) is 4.74. The Kier molecular flexibility index (Phi) is 4.09. The fourth-order valence-electron chi connectivity index (χ4n) is 2.21. The molecule has 82 valence electrons. The molecule has 0 spiro atoms. The van der Waals surface area contributed by atoms with Crippen LogP contribution < -0.4 is 5.32 Å². The topological polar surface area (TPSA) is 12.0 Å². The molecule has 0 aliphatic carbocycles. The fraction of sp³-hybridized carbons (Fsp3) is 0.538. The molecule has 0 bridgehead atoms. The molecule has 1 saturated heterocycles. The van der Waals surface area contributed by atoms with Crippen molar-refractivity contribution in [3.8, 4) is 0 Å². The number of nitrogens with one attached hydrogen (secondary N) is 1. The van der Waals surface area contributed by atoms with Gasteiger partial charge in [0, 0.05) is 5.75 Å². The highest BCUT2D eigenvalue weighted by Gasteiger charge is 2.14. The minimum atomic E-state index is 0.787. The molecular formula is C13H19NS. The van der Waals surface area contributed by atoms with Crippen LogP contribution in [0.15, 0.2) is 24.3 Å². The second-order valence-corrected chi connectivity index (χ2v) is 5.06. The highest BCUT2D eigenvalue weighted by molar-refractivity contribution is 7.97. The van der Waals surface area contributed by atoms with Crippen molar-refractivity contribution in [2.24, 2.45) is 0 Å². The van der Waals surface area contributed by atoms with Crippen LogP contribution in [0.2, 0.25) is 0 Å². The van der Waals surface area contributed by atoms with Crippen molar-refractivity contribution in [3.63, 3.8) is 0 Å². The van der Waals surface area contributed by atoms with Gasteiger partial charge in [0.2, 0.25) is 0 Å². The highest BCUT2D eigenvalue weighted by Crippen LogP contribution is 2.25. The van der Waals surface area contributed by atoms with Crippen LogP contribution >= 0.6 is 11.8 Å². The van der Waals surface area contributed by atoms with Crippen LogP contribution in [0.5, 0.6) is 0 Å². The van der Waals surface area contributed by atoms with Gasteiger partial charge in [0.05, 0.1) is 0 Å². The van der Waals surface area contributed by atoms with Gasteiger partial charge in [-0.15, -0.1) is 0 Å². The van der Waals surface area contributed by atoms with E-state index in [1.165, 1.54) is 37.1 Å². The summed E-state index contributed by atoms with van der Waals surface area (Å²) in [4.78, 5) is 0. The Morgan fingerprint density at radius 1 is 1.20 bits per heavy atom. The average molecular weight is 221 g/mol. The number of thioether (sulfide) groups is 1. The van der Waals surface area contributed by atoms with Crippen LogP contribution in [-0.4, -0.2) is 19.3 Å². The minimum Gasteiger partial charge on any atom is -0.317 e. The molecular weight excluding hydrogens is 202 g/mol. The van der Waals surface area contributed by atoms with E-state index in [0.29, 0.717) is 0 Å². The summed E-state index contributed by atoms with van der Waals surface area (Å²) in [5, 5.41) is 3.41. The maximum absolute atomic E-state index is 3.41. The van der Waals surface area contributed by atoms with Crippen molar-refractivity contribution in [2.45, 2.75) is 24.5 Å². The molecule has 1 heterocycles. The van der Waals surface area contributed by atoms with Crippen molar-refractivity contribution in [2.75, 3.05) is 19.3 Å². The lowest BCUT2D eigenvalue weighted by Crippen LogP contribution is -2.26. The Balaban J connectivity index is 2.02. The number of rotatable bonds is 3. The molecule has 15 heavy (non-hydrogen) atoms. The van der Waals surface area contributed by atoms with Crippen LogP contribution in [0.3, 0.4) is 0 Å². The molecule has 1 nitrogen and oxygen atoms in total. The van der Waals surface area contributed by atoms with Gasteiger partial charge >= 0.3 is 0 Å². The molecule has 0 unspecified atom stereocenters. The first-order chi connectivity index (χ1) is 7.40. The summed E-state index contributed by atoms with van der Waals surface area (Å²) in [7, 11) is 0. The Hall–Kier alpha value is -0.470. The third kappa shape index (κ3) is 2.99. The molecule has 0 saturated carbocycles. The number of piperidine rings is 1. The zero-order valence-electron chi connectivity index (χ0n) is 9.33. The fourth-order valence-corrected chi connectivity index (χ4v) is 2.73. The number of hydrogen-bond donors (Lipinski definition) is 1. The van der Waals surface area contributed by atoms with Crippen LogP contribution in [0.25, 0.3) is 0 Å². The summed E-state index contributed by atoms with van der Waals surface area (Å²) < 4.78 is 0. The van der Waals surface area contributed by atoms with Crippen molar-refractivity contribution in [3.05, 3.63) is 35.4 Å². The quantitative estimate of drug-likeness (QED) is 0.842. The van der Waals surface area contributed by atoms with E-state index in [4.69, 9.17) is 0 Å². The smallest absolute Gasteiger partial charge is 0.0181 e. The lowest BCUT2D eigenvalue weighted by molar-refractivity contribution is 0.460. The predicted octanol–water partition coefficient (Wildman–Crippen LogP) is 3.02. The second kappa shape index (κ2) is 5.57. The van der Waals surface area contributed by atoms with Crippen molar-refractivity contribution >= 4 is 11.8 Å². The lowest BCUT2D eigenvalue weighted by Gasteiger charge is -2.23. The minimum absolute atomic E-state index is 0.787. The predicted molar refractivity (Wildman–Crippen MR) is 68.5 cm³/mol. The molecule has 0 aromatic heterocycles. The summed E-state index contributed by atoms with van der Waals surface area (Å²) in [5.74, 6) is 1.92.